The summed E-state index contributed by atoms with van der Waals surface area (Å²) in [6.45, 7) is 4.35. The Labute approximate surface area is 62.2 Å². The van der Waals surface area contributed by atoms with Gasteiger partial charge in [0.2, 0.25) is 0 Å². The van der Waals surface area contributed by atoms with Gasteiger partial charge in [0.25, 0.3) is 0 Å². The number of nitrogens with zero attached hydrogens (tertiary/aromatic N) is 2. The van der Waals surface area contributed by atoms with Gasteiger partial charge in [-0.3, -0.25) is 5.01 Å². The van der Waals surface area contributed by atoms with Crippen molar-refractivity contribution >= 4 is 6.21 Å². The third-order valence-corrected chi connectivity index (χ3v) is 2.24. The van der Waals surface area contributed by atoms with E-state index in [9.17, 15) is 0 Å². The van der Waals surface area contributed by atoms with Crippen LogP contribution in [0.1, 0.15) is 20.3 Å². The molecule has 2 heteroatoms. The van der Waals surface area contributed by atoms with E-state index in [0.717, 1.165) is 6.42 Å². The maximum Gasteiger partial charge on any atom is 0.0728 e. The minimum Gasteiger partial charge on any atom is -0.290 e. The monoisotopic (exact) mass is 138 g/mol. The van der Waals surface area contributed by atoms with Crippen molar-refractivity contribution in [3.63, 3.8) is 0 Å². The van der Waals surface area contributed by atoms with Gasteiger partial charge in [0.05, 0.1) is 5.54 Å². The van der Waals surface area contributed by atoms with Crippen molar-refractivity contribution in [1.82, 2.24) is 5.01 Å². The molecule has 1 aliphatic rings. The Morgan fingerprint density at radius 1 is 1.60 bits per heavy atom. The van der Waals surface area contributed by atoms with Gasteiger partial charge in [-0.1, -0.05) is 13.0 Å². The summed E-state index contributed by atoms with van der Waals surface area (Å²) in [6.07, 6.45) is 7.10. The molecule has 0 aromatic heterocycles. The Morgan fingerprint density at radius 2 is 2.30 bits per heavy atom. The fraction of sp³-hybridized carbons (Fsp3) is 0.625. The Morgan fingerprint density at radius 3 is 2.70 bits per heavy atom. The molecule has 0 bridgehead atoms. The van der Waals surface area contributed by atoms with E-state index in [1.54, 1.807) is 0 Å². The Bertz CT molecular complexity index is 172. The molecule has 0 aliphatic carbocycles. The van der Waals surface area contributed by atoms with E-state index in [4.69, 9.17) is 0 Å². The van der Waals surface area contributed by atoms with E-state index in [0.29, 0.717) is 0 Å². The molecule has 1 heterocycles. The normalized spacial score (nSPS) is 31.3. The summed E-state index contributed by atoms with van der Waals surface area (Å²) < 4.78 is 0. The number of rotatable bonds is 1. The van der Waals surface area contributed by atoms with Crippen LogP contribution in [0.5, 0.6) is 0 Å². The standard InChI is InChI=1S/C8H14N2/c1-4-8(2)6-5-7-9-10(8)3/h5-7H,4H2,1-3H3. The van der Waals surface area contributed by atoms with Crippen LogP contribution in [-0.2, 0) is 0 Å². The summed E-state index contributed by atoms with van der Waals surface area (Å²) in [5.74, 6) is 0. The average molecular weight is 138 g/mol. The first-order valence-corrected chi connectivity index (χ1v) is 3.65. The number of hydrazone groups is 1. The van der Waals surface area contributed by atoms with Gasteiger partial charge < -0.3 is 0 Å². The lowest BCUT2D eigenvalue weighted by atomic mass is 9.97. The maximum absolute atomic E-state index is 4.18. The molecule has 0 aromatic rings. The summed E-state index contributed by atoms with van der Waals surface area (Å²) >= 11 is 0. The number of hydrogen-bond acceptors (Lipinski definition) is 2. The minimum atomic E-state index is 0.134. The molecule has 1 aliphatic heterocycles. The lowest BCUT2D eigenvalue weighted by Gasteiger charge is -2.34. The molecule has 0 radical (unpaired) electrons. The molecule has 1 atom stereocenters. The maximum atomic E-state index is 4.18. The van der Waals surface area contributed by atoms with Crippen LogP contribution in [0.3, 0.4) is 0 Å². The van der Waals surface area contributed by atoms with Gasteiger partial charge >= 0.3 is 0 Å². The van der Waals surface area contributed by atoms with Crippen LogP contribution in [0.4, 0.5) is 0 Å². The summed E-state index contributed by atoms with van der Waals surface area (Å²) in [7, 11) is 2.00. The first-order valence-electron chi connectivity index (χ1n) is 3.65. The summed E-state index contributed by atoms with van der Waals surface area (Å²) in [5.41, 5.74) is 0.134. The quantitative estimate of drug-likeness (QED) is 0.538. The molecule has 1 unspecified atom stereocenters. The molecule has 0 spiro atoms. The molecule has 10 heavy (non-hydrogen) atoms. The van der Waals surface area contributed by atoms with E-state index in [-0.39, 0.29) is 5.54 Å². The first-order chi connectivity index (χ1) is 4.69. The average Bonchev–Trinajstić information content (AvgIpc) is 1.96. The van der Waals surface area contributed by atoms with E-state index in [1.807, 2.05) is 24.3 Å². The fourth-order valence-corrected chi connectivity index (χ4v) is 0.975. The molecule has 0 saturated heterocycles. The lowest BCUT2D eigenvalue weighted by Crippen LogP contribution is -2.39. The highest BCUT2D eigenvalue weighted by Crippen LogP contribution is 2.21. The van der Waals surface area contributed by atoms with Gasteiger partial charge in [0.1, 0.15) is 0 Å². The van der Waals surface area contributed by atoms with Crippen LogP contribution in [-0.4, -0.2) is 23.8 Å². The molecule has 2 nitrogen and oxygen atoms in total. The molecule has 0 aromatic carbocycles. The highest BCUT2D eigenvalue weighted by Gasteiger charge is 2.23. The van der Waals surface area contributed by atoms with Gasteiger partial charge in [-0.25, -0.2) is 0 Å². The molecule has 0 saturated carbocycles. The van der Waals surface area contributed by atoms with Crippen molar-refractivity contribution < 1.29 is 0 Å². The zero-order chi connectivity index (χ0) is 7.61. The molecule has 1 rings (SSSR count). The highest BCUT2D eigenvalue weighted by molar-refractivity contribution is 5.72. The van der Waals surface area contributed by atoms with Crippen LogP contribution in [0.2, 0.25) is 0 Å². The predicted octanol–water partition coefficient (Wildman–Crippen LogP) is 1.64. The van der Waals surface area contributed by atoms with Crippen LogP contribution in [0.25, 0.3) is 0 Å². The Balaban J connectivity index is 2.77. The second-order valence-electron chi connectivity index (χ2n) is 2.86. The van der Waals surface area contributed by atoms with E-state index < -0.39 is 0 Å². The van der Waals surface area contributed by atoms with Crippen LogP contribution >= 0.6 is 0 Å². The van der Waals surface area contributed by atoms with Gasteiger partial charge in [0.15, 0.2) is 0 Å². The summed E-state index contributed by atoms with van der Waals surface area (Å²) in [6, 6.07) is 0. The van der Waals surface area contributed by atoms with Crippen molar-refractivity contribution in [2.24, 2.45) is 5.10 Å². The SMILES string of the molecule is CCC1(C)C=CC=NN1C. The molecule has 0 fully saturated rings. The number of likely N-dealkylation sites (N-methyl/N-ethyl adjacent to an activating group) is 1. The summed E-state index contributed by atoms with van der Waals surface area (Å²) in [4.78, 5) is 0. The Kier molecular flexibility index (Phi) is 1.79. The van der Waals surface area contributed by atoms with Crippen LogP contribution < -0.4 is 0 Å². The smallest absolute Gasteiger partial charge is 0.0728 e. The predicted molar refractivity (Wildman–Crippen MR) is 44.1 cm³/mol. The summed E-state index contributed by atoms with van der Waals surface area (Å²) in [5, 5.41) is 6.17. The van der Waals surface area contributed by atoms with Crippen molar-refractivity contribution in [3.8, 4) is 0 Å². The van der Waals surface area contributed by atoms with Gasteiger partial charge in [-0.15, -0.1) is 0 Å². The lowest BCUT2D eigenvalue weighted by molar-refractivity contribution is 0.186. The van der Waals surface area contributed by atoms with Gasteiger partial charge in [-0.05, 0) is 19.4 Å². The number of allylic oxidation sites excluding steroid dienone is 1. The van der Waals surface area contributed by atoms with Crippen molar-refractivity contribution in [2.75, 3.05) is 7.05 Å². The largest absolute Gasteiger partial charge is 0.290 e. The van der Waals surface area contributed by atoms with Gasteiger partial charge in [-0.2, -0.15) is 5.10 Å². The van der Waals surface area contributed by atoms with E-state index >= 15 is 0 Å². The van der Waals surface area contributed by atoms with Crippen molar-refractivity contribution in [3.05, 3.63) is 12.2 Å². The molecule has 0 amide bonds. The zero-order valence-corrected chi connectivity index (χ0v) is 6.83. The second kappa shape index (κ2) is 2.45. The third-order valence-electron chi connectivity index (χ3n) is 2.24. The van der Waals surface area contributed by atoms with E-state index in [2.05, 4.69) is 25.0 Å². The van der Waals surface area contributed by atoms with Crippen molar-refractivity contribution in [2.45, 2.75) is 25.8 Å². The van der Waals surface area contributed by atoms with Gasteiger partial charge in [0, 0.05) is 13.3 Å². The first kappa shape index (κ1) is 7.32. The van der Waals surface area contributed by atoms with Crippen LogP contribution in [0.15, 0.2) is 17.3 Å². The second-order valence-corrected chi connectivity index (χ2v) is 2.86. The van der Waals surface area contributed by atoms with Crippen molar-refractivity contribution in [1.29, 1.82) is 0 Å². The third kappa shape index (κ3) is 1.06. The minimum absolute atomic E-state index is 0.134. The molecular formula is C8H14N2. The van der Waals surface area contributed by atoms with E-state index in [1.165, 1.54) is 0 Å². The highest BCUT2D eigenvalue weighted by atomic mass is 15.5. The number of hydrogen-bond donors (Lipinski definition) is 0. The molecular weight excluding hydrogens is 124 g/mol. The Hall–Kier alpha value is -0.790. The molecule has 0 N–H and O–H groups in total. The zero-order valence-electron chi connectivity index (χ0n) is 6.83. The topological polar surface area (TPSA) is 15.6 Å². The fourth-order valence-electron chi connectivity index (χ4n) is 0.975. The molecule has 56 valence electrons. The van der Waals surface area contributed by atoms with Crippen LogP contribution in [0, 0.1) is 0 Å².